The van der Waals surface area contributed by atoms with Crippen molar-refractivity contribution in [1.29, 1.82) is 0 Å². The number of aromatic nitrogens is 4. The Bertz CT molecular complexity index is 1270. The highest BCUT2D eigenvalue weighted by Crippen LogP contribution is 2.15. The second-order valence-corrected chi connectivity index (χ2v) is 8.82. The van der Waals surface area contributed by atoms with Crippen molar-refractivity contribution >= 4 is 17.1 Å². The largest absolute Gasteiger partial charge is 0.337 e. The van der Waals surface area contributed by atoms with Crippen LogP contribution in [-0.4, -0.2) is 61.0 Å². The Morgan fingerprint density at radius 1 is 1.15 bits per heavy atom. The summed E-state index contributed by atoms with van der Waals surface area (Å²) in [5.41, 5.74) is 1.85. The van der Waals surface area contributed by atoms with E-state index in [1.807, 2.05) is 43.1 Å². The molecule has 1 aliphatic rings. The van der Waals surface area contributed by atoms with E-state index in [1.165, 1.54) is 0 Å². The number of carbonyl (C=O) groups excluding carboxylic acids is 1. The zero-order chi connectivity index (χ0) is 23.5. The first-order chi connectivity index (χ1) is 15.9. The maximum Gasteiger partial charge on any atom is 0.330 e. The van der Waals surface area contributed by atoms with Crippen LogP contribution < -0.4 is 11.2 Å². The first-order valence-electron chi connectivity index (χ1n) is 11.7. The Kier molecular flexibility index (Phi) is 6.78. The van der Waals surface area contributed by atoms with Crippen molar-refractivity contribution in [2.45, 2.75) is 46.2 Å². The summed E-state index contributed by atoms with van der Waals surface area (Å²) >= 11 is 0. The molecule has 0 saturated carbocycles. The molecule has 176 valence electrons. The molecule has 0 unspecified atom stereocenters. The van der Waals surface area contributed by atoms with Crippen LogP contribution in [0, 0.1) is 6.92 Å². The van der Waals surface area contributed by atoms with E-state index in [1.54, 1.807) is 9.13 Å². The van der Waals surface area contributed by atoms with Crippen LogP contribution in [0.25, 0.3) is 11.2 Å². The molecule has 0 radical (unpaired) electrons. The van der Waals surface area contributed by atoms with Crippen LogP contribution in [0.2, 0.25) is 0 Å². The summed E-state index contributed by atoms with van der Waals surface area (Å²) in [4.78, 5) is 49.1. The van der Waals surface area contributed by atoms with E-state index < -0.39 is 11.2 Å². The molecule has 9 nitrogen and oxygen atoms in total. The molecule has 3 aromatic rings. The van der Waals surface area contributed by atoms with E-state index in [0.717, 1.165) is 49.3 Å². The van der Waals surface area contributed by atoms with E-state index >= 15 is 0 Å². The van der Waals surface area contributed by atoms with Crippen molar-refractivity contribution in [2.24, 2.45) is 7.05 Å². The number of rotatable bonds is 6. The predicted molar refractivity (Wildman–Crippen MR) is 127 cm³/mol. The monoisotopic (exact) mass is 452 g/mol. The third-order valence-electron chi connectivity index (χ3n) is 6.35. The van der Waals surface area contributed by atoms with Crippen molar-refractivity contribution in [3.05, 3.63) is 62.1 Å². The SMILES string of the molecule is CCCCn1c(=O)[nH]c(=O)c2c1nc(CN1CCCN(C(=O)c3cccc(C)c3)CC1)n2C. The quantitative estimate of drug-likeness (QED) is 0.616. The number of imidazole rings is 1. The Morgan fingerprint density at radius 3 is 2.73 bits per heavy atom. The fourth-order valence-corrected chi connectivity index (χ4v) is 4.45. The number of unbranched alkanes of at least 4 members (excludes halogenated alkanes) is 1. The molecule has 0 bridgehead atoms. The van der Waals surface area contributed by atoms with E-state index in [9.17, 15) is 14.4 Å². The number of fused-ring (bicyclic) bond motifs is 1. The summed E-state index contributed by atoms with van der Waals surface area (Å²) in [6, 6.07) is 7.71. The molecule has 1 aromatic carbocycles. The van der Waals surface area contributed by atoms with Gasteiger partial charge in [0.15, 0.2) is 11.2 Å². The van der Waals surface area contributed by atoms with E-state index in [0.29, 0.717) is 37.3 Å². The zero-order valence-corrected chi connectivity index (χ0v) is 19.6. The van der Waals surface area contributed by atoms with Crippen molar-refractivity contribution in [3.8, 4) is 0 Å². The zero-order valence-electron chi connectivity index (χ0n) is 19.6. The van der Waals surface area contributed by atoms with Gasteiger partial charge in [-0.2, -0.15) is 0 Å². The molecule has 33 heavy (non-hydrogen) atoms. The van der Waals surface area contributed by atoms with Gasteiger partial charge in [-0.3, -0.25) is 24.0 Å². The van der Waals surface area contributed by atoms with Crippen molar-refractivity contribution in [1.82, 2.24) is 28.9 Å². The standard InChI is InChI=1S/C24H32N6O3/c1-4-5-12-30-21-20(22(31)26-24(30)33)27(3)19(25-21)16-28-10-7-11-29(14-13-28)23(32)18-9-6-8-17(2)15-18/h6,8-9,15H,4-5,7,10-14,16H2,1-3H3,(H,26,31,33). The Morgan fingerprint density at radius 2 is 1.97 bits per heavy atom. The molecular formula is C24H32N6O3. The van der Waals surface area contributed by atoms with Gasteiger partial charge in [0.2, 0.25) is 0 Å². The normalized spacial score (nSPS) is 15.2. The van der Waals surface area contributed by atoms with Crippen LogP contribution in [0.3, 0.4) is 0 Å². The average molecular weight is 453 g/mol. The third kappa shape index (κ3) is 4.78. The Hall–Kier alpha value is -3.20. The minimum atomic E-state index is -0.411. The molecule has 4 rings (SSSR count). The highest BCUT2D eigenvalue weighted by Gasteiger charge is 2.23. The summed E-state index contributed by atoms with van der Waals surface area (Å²) in [6.45, 7) is 8.03. The lowest BCUT2D eigenvalue weighted by Crippen LogP contribution is -2.35. The van der Waals surface area contributed by atoms with Gasteiger partial charge in [0.05, 0.1) is 6.54 Å². The summed E-state index contributed by atoms with van der Waals surface area (Å²) < 4.78 is 3.35. The van der Waals surface area contributed by atoms with Gasteiger partial charge >= 0.3 is 5.69 Å². The van der Waals surface area contributed by atoms with Crippen LogP contribution in [0.1, 0.15) is 47.9 Å². The number of carbonyl (C=O) groups is 1. The second-order valence-electron chi connectivity index (χ2n) is 8.82. The lowest BCUT2D eigenvalue weighted by atomic mass is 10.1. The predicted octanol–water partition coefficient (Wildman–Crippen LogP) is 1.88. The number of benzene rings is 1. The van der Waals surface area contributed by atoms with Crippen LogP contribution in [0.4, 0.5) is 0 Å². The van der Waals surface area contributed by atoms with Gasteiger partial charge in [-0.25, -0.2) is 9.78 Å². The molecule has 3 heterocycles. The minimum Gasteiger partial charge on any atom is -0.337 e. The highest BCUT2D eigenvalue weighted by atomic mass is 16.2. The second kappa shape index (κ2) is 9.74. The van der Waals surface area contributed by atoms with Gasteiger partial charge in [-0.05, 0) is 31.9 Å². The lowest BCUT2D eigenvalue weighted by Gasteiger charge is -2.22. The smallest absolute Gasteiger partial charge is 0.330 e. The maximum absolute atomic E-state index is 13.0. The summed E-state index contributed by atoms with van der Waals surface area (Å²) in [6.07, 6.45) is 2.64. The van der Waals surface area contributed by atoms with Crippen molar-refractivity contribution in [3.63, 3.8) is 0 Å². The Labute approximate surface area is 192 Å². The molecule has 1 amide bonds. The van der Waals surface area contributed by atoms with Crippen LogP contribution in [0.5, 0.6) is 0 Å². The number of amides is 1. The lowest BCUT2D eigenvalue weighted by molar-refractivity contribution is 0.0761. The fraction of sp³-hybridized carbons (Fsp3) is 0.500. The molecule has 0 spiro atoms. The van der Waals surface area contributed by atoms with Gasteiger partial charge in [0.1, 0.15) is 5.82 Å². The van der Waals surface area contributed by atoms with Gasteiger partial charge in [0.25, 0.3) is 11.5 Å². The fourth-order valence-electron chi connectivity index (χ4n) is 4.45. The average Bonchev–Trinajstić information content (AvgIpc) is 2.95. The first kappa shape index (κ1) is 23.0. The molecule has 1 saturated heterocycles. The van der Waals surface area contributed by atoms with Crippen molar-refractivity contribution in [2.75, 3.05) is 26.2 Å². The number of hydrogen-bond acceptors (Lipinski definition) is 5. The van der Waals surface area contributed by atoms with Crippen LogP contribution in [0.15, 0.2) is 33.9 Å². The highest BCUT2D eigenvalue weighted by molar-refractivity contribution is 5.94. The number of H-pyrrole nitrogens is 1. The summed E-state index contributed by atoms with van der Waals surface area (Å²) in [5, 5.41) is 0. The first-order valence-corrected chi connectivity index (χ1v) is 11.7. The Balaban J connectivity index is 1.52. The summed E-state index contributed by atoms with van der Waals surface area (Å²) in [5.74, 6) is 0.805. The van der Waals surface area contributed by atoms with Gasteiger partial charge in [-0.1, -0.05) is 31.0 Å². The number of nitrogens with zero attached hydrogens (tertiary/aromatic N) is 5. The number of hydrogen-bond donors (Lipinski definition) is 1. The minimum absolute atomic E-state index is 0.0646. The molecule has 9 heteroatoms. The number of aromatic amines is 1. The van der Waals surface area contributed by atoms with E-state index in [-0.39, 0.29) is 5.91 Å². The topological polar surface area (TPSA) is 96.2 Å². The maximum atomic E-state index is 13.0. The van der Waals surface area contributed by atoms with Crippen LogP contribution in [-0.2, 0) is 20.1 Å². The molecule has 2 aromatic heterocycles. The van der Waals surface area contributed by atoms with E-state index in [2.05, 4.69) is 16.8 Å². The third-order valence-corrected chi connectivity index (χ3v) is 6.35. The molecule has 1 N–H and O–H groups in total. The number of nitrogens with one attached hydrogen (secondary N) is 1. The van der Waals surface area contributed by atoms with Gasteiger partial charge < -0.3 is 9.47 Å². The van der Waals surface area contributed by atoms with Gasteiger partial charge in [0, 0.05) is 45.3 Å². The van der Waals surface area contributed by atoms with Gasteiger partial charge in [-0.15, -0.1) is 0 Å². The van der Waals surface area contributed by atoms with Crippen LogP contribution >= 0.6 is 0 Å². The molecule has 0 aliphatic carbocycles. The summed E-state index contributed by atoms with van der Waals surface area (Å²) in [7, 11) is 1.82. The molecule has 0 atom stereocenters. The molecule has 1 fully saturated rings. The molecule has 1 aliphatic heterocycles. The van der Waals surface area contributed by atoms with E-state index in [4.69, 9.17) is 4.98 Å². The van der Waals surface area contributed by atoms with Crippen molar-refractivity contribution < 1.29 is 4.79 Å². The number of aryl methyl sites for hydroxylation is 3. The molecular weight excluding hydrogens is 420 g/mol.